The molecule has 0 saturated carbocycles. The molecule has 1 fully saturated rings. The predicted octanol–water partition coefficient (Wildman–Crippen LogP) is 7.46. The first kappa shape index (κ1) is 23.1. The number of alkyl halides is 3. The lowest BCUT2D eigenvalue weighted by molar-refractivity contribution is -0.0696. The van der Waals surface area contributed by atoms with E-state index in [2.05, 4.69) is 0 Å². The average Bonchev–Trinajstić information content (AvgIpc) is 2.72. The van der Waals surface area contributed by atoms with Gasteiger partial charge in [0.1, 0.15) is 23.3 Å². The minimum Gasteiger partial charge on any atom is -0.373 e. The minimum atomic E-state index is -4.92. The van der Waals surface area contributed by atoms with E-state index < -0.39 is 41.1 Å². The lowest BCUT2D eigenvalue weighted by atomic mass is 9.93. The molecule has 0 N–H and O–H groups in total. The Bertz CT molecular complexity index is 1250. The van der Waals surface area contributed by atoms with Crippen LogP contribution in [0.2, 0.25) is 0 Å². The van der Waals surface area contributed by atoms with Crippen molar-refractivity contribution in [1.82, 2.24) is 0 Å². The van der Waals surface area contributed by atoms with Crippen LogP contribution in [-0.2, 0) is 4.74 Å². The first-order chi connectivity index (χ1) is 15.5. The van der Waals surface area contributed by atoms with Gasteiger partial charge in [-0.1, -0.05) is 25.0 Å². The van der Waals surface area contributed by atoms with Crippen molar-refractivity contribution in [3.8, 4) is 23.0 Å². The van der Waals surface area contributed by atoms with Gasteiger partial charge in [-0.2, -0.15) is 13.2 Å². The largest absolute Gasteiger partial charge is 0.458 e. The summed E-state index contributed by atoms with van der Waals surface area (Å²) in [5, 5.41) is -0.304. The molecule has 2 atom stereocenters. The maximum absolute atomic E-state index is 14.9. The number of benzene rings is 3. The second-order valence-corrected chi connectivity index (χ2v) is 8.10. The highest BCUT2D eigenvalue weighted by atomic mass is 19.4. The van der Waals surface area contributed by atoms with Crippen molar-refractivity contribution in [3.05, 3.63) is 70.8 Å². The lowest BCUT2D eigenvalue weighted by Gasteiger charge is -2.27. The number of rotatable bonds is 2. The third-order valence-electron chi connectivity index (χ3n) is 5.59. The van der Waals surface area contributed by atoms with E-state index in [0.29, 0.717) is 24.5 Å². The quantitative estimate of drug-likeness (QED) is 0.281. The summed E-state index contributed by atoms with van der Waals surface area (Å²) in [6, 6.07) is 6.65. The highest BCUT2D eigenvalue weighted by Crippen LogP contribution is 2.36. The van der Waals surface area contributed by atoms with Crippen molar-refractivity contribution in [1.29, 1.82) is 0 Å². The summed E-state index contributed by atoms with van der Waals surface area (Å²) in [5.41, 5.74) is -1.02. The van der Waals surface area contributed by atoms with Gasteiger partial charge in [0.2, 0.25) is 0 Å². The van der Waals surface area contributed by atoms with E-state index in [4.69, 9.17) is 4.74 Å². The number of ether oxygens (including phenoxy) is 1. The zero-order valence-corrected chi connectivity index (χ0v) is 17.3. The zero-order valence-electron chi connectivity index (χ0n) is 17.3. The predicted molar refractivity (Wildman–Crippen MR) is 109 cm³/mol. The second kappa shape index (κ2) is 8.71. The van der Waals surface area contributed by atoms with Gasteiger partial charge in [0.15, 0.2) is 0 Å². The maximum Gasteiger partial charge on any atom is 0.458 e. The monoisotopic (exact) mass is 466 g/mol. The van der Waals surface area contributed by atoms with Crippen molar-refractivity contribution in [2.45, 2.75) is 32.0 Å². The smallest absolute Gasteiger partial charge is 0.373 e. The first-order valence-electron chi connectivity index (χ1n) is 10.2. The van der Waals surface area contributed by atoms with Gasteiger partial charge in [-0.05, 0) is 59.5 Å². The molecule has 172 valence electrons. The van der Waals surface area contributed by atoms with E-state index in [1.54, 1.807) is 0 Å². The Hall–Kier alpha value is -3.05. The van der Waals surface area contributed by atoms with Crippen LogP contribution in [0.3, 0.4) is 0 Å². The molecular formula is C25H17F7O. The lowest BCUT2D eigenvalue weighted by Crippen LogP contribution is -2.18. The van der Waals surface area contributed by atoms with Crippen LogP contribution < -0.4 is 0 Å². The van der Waals surface area contributed by atoms with Crippen LogP contribution in [0.4, 0.5) is 30.7 Å². The zero-order chi connectivity index (χ0) is 23.9. The van der Waals surface area contributed by atoms with Gasteiger partial charge in [-0.25, -0.2) is 17.6 Å². The summed E-state index contributed by atoms with van der Waals surface area (Å²) in [5.74, 6) is -1.66. The molecule has 0 aliphatic carbocycles. The average molecular weight is 466 g/mol. The summed E-state index contributed by atoms with van der Waals surface area (Å²) in [6.45, 7) is 2.52. The summed E-state index contributed by atoms with van der Waals surface area (Å²) >= 11 is 0. The Kier molecular flexibility index (Phi) is 6.10. The molecule has 8 heteroatoms. The summed E-state index contributed by atoms with van der Waals surface area (Å²) in [7, 11) is 0. The fourth-order valence-corrected chi connectivity index (χ4v) is 3.93. The third-order valence-corrected chi connectivity index (χ3v) is 5.59. The Labute approximate surface area is 185 Å². The standard InChI is InChI=1S/C25H17F7O/c1-13-2-5-22(33-12-13)16-10-20(27)23(21(28)11-16)14-3-4-17-15(8-14)9-19(26)18(24(17)29)6-7-25(30,31)32/h3-4,8-11,13,22H,2,5,12H2,1H3. The summed E-state index contributed by atoms with van der Waals surface area (Å²) < 4.78 is 101. The van der Waals surface area contributed by atoms with Gasteiger partial charge in [-0.3, -0.25) is 0 Å². The molecule has 2 unspecified atom stereocenters. The SMILES string of the molecule is CC1CCC(c2cc(F)c(-c3ccc4c(F)c(C#CC(F)(F)F)c(F)cc4c3)c(F)c2)OC1. The van der Waals surface area contributed by atoms with Gasteiger partial charge in [0.25, 0.3) is 0 Å². The van der Waals surface area contributed by atoms with Crippen molar-refractivity contribution in [3.63, 3.8) is 0 Å². The molecule has 1 heterocycles. The van der Waals surface area contributed by atoms with Crippen molar-refractivity contribution in [2.75, 3.05) is 6.61 Å². The summed E-state index contributed by atoms with van der Waals surface area (Å²) in [6.07, 6.45) is -3.84. The van der Waals surface area contributed by atoms with Crippen LogP contribution in [0, 0.1) is 41.0 Å². The molecule has 0 amide bonds. The third kappa shape index (κ3) is 4.83. The molecular weight excluding hydrogens is 449 g/mol. The van der Waals surface area contributed by atoms with E-state index in [9.17, 15) is 30.7 Å². The Morgan fingerprint density at radius 1 is 0.909 bits per heavy atom. The van der Waals surface area contributed by atoms with Crippen LogP contribution in [0.25, 0.3) is 21.9 Å². The summed E-state index contributed by atoms with van der Waals surface area (Å²) in [4.78, 5) is 0. The van der Waals surface area contributed by atoms with Crippen LogP contribution in [0.5, 0.6) is 0 Å². The van der Waals surface area contributed by atoms with Gasteiger partial charge in [-0.15, -0.1) is 0 Å². The number of hydrogen-bond acceptors (Lipinski definition) is 1. The molecule has 1 saturated heterocycles. The fraction of sp³-hybridized carbons (Fsp3) is 0.280. The van der Waals surface area contributed by atoms with Gasteiger partial charge < -0.3 is 4.74 Å². The van der Waals surface area contributed by atoms with Crippen LogP contribution >= 0.6 is 0 Å². The van der Waals surface area contributed by atoms with Crippen LogP contribution in [0.15, 0.2) is 36.4 Å². The van der Waals surface area contributed by atoms with Crippen molar-refractivity contribution < 1.29 is 35.5 Å². The van der Waals surface area contributed by atoms with Gasteiger partial charge >= 0.3 is 6.18 Å². The molecule has 1 nitrogen and oxygen atoms in total. The molecule has 0 bridgehead atoms. The minimum absolute atomic E-state index is 0.0233. The maximum atomic E-state index is 14.9. The molecule has 1 aliphatic rings. The highest BCUT2D eigenvalue weighted by Gasteiger charge is 2.25. The van der Waals surface area contributed by atoms with Crippen LogP contribution in [0.1, 0.15) is 37.0 Å². The van der Waals surface area contributed by atoms with E-state index in [1.165, 1.54) is 30.2 Å². The molecule has 0 radical (unpaired) electrons. The van der Waals surface area contributed by atoms with E-state index >= 15 is 0 Å². The first-order valence-corrected chi connectivity index (χ1v) is 10.2. The molecule has 0 aromatic heterocycles. The Morgan fingerprint density at radius 3 is 2.21 bits per heavy atom. The highest BCUT2D eigenvalue weighted by molar-refractivity contribution is 5.89. The topological polar surface area (TPSA) is 9.23 Å². The molecule has 33 heavy (non-hydrogen) atoms. The Morgan fingerprint density at radius 2 is 1.61 bits per heavy atom. The number of hydrogen-bond donors (Lipinski definition) is 0. The van der Waals surface area contributed by atoms with Gasteiger partial charge in [0.05, 0.1) is 17.2 Å². The van der Waals surface area contributed by atoms with Crippen LogP contribution in [-0.4, -0.2) is 12.8 Å². The molecule has 3 aromatic carbocycles. The molecule has 1 aliphatic heterocycles. The van der Waals surface area contributed by atoms with Crippen molar-refractivity contribution in [2.24, 2.45) is 5.92 Å². The molecule has 3 aromatic rings. The number of fused-ring (bicyclic) bond motifs is 1. The van der Waals surface area contributed by atoms with Gasteiger partial charge in [0, 0.05) is 17.9 Å². The van der Waals surface area contributed by atoms with E-state index in [1.807, 2.05) is 6.92 Å². The Balaban J connectivity index is 1.74. The number of halogens is 7. The molecule has 0 spiro atoms. The second-order valence-electron chi connectivity index (χ2n) is 8.10. The normalized spacial score (nSPS) is 18.8. The fourth-order valence-electron chi connectivity index (χ4n) is 3.93. The molecule has 4 rings (SSSR count). The van der Waals surface area contributed by atoms with E-state index in [0.717, 1.165) is 24.5 Å². The van der Waals surface area contributed by atoms with E-state index in [-0.39, 0.29) is 21.9 Å². The van der Waals surface area contributed by atoms with Crippen molar-refractivity contribution >= 4 is 10.8 Å².